The molecule has 1 atom stereocenters. The highest BCUT2D eigenvalue weighted by atomic mass is 19.2. The monoisotopic (exact) mass is 296 g/mol. The highest BCUT2D eigenvalue weighted by Gasteiger charge is 2.17. The fourth-order valence-corrected chi connectivity index (χ4v) is 2.01. The smallest absolute Gasteiger partial charge is 0.194 e. The van der Waals surface area contributed by atoms with Crippen LogP contribution >= 0.6 is 0 Å². The maximum atomic E-state index is 13.3. The van der Waals surface area contributed by atoms with E-state index in [1.54, 1.807) is 24.3 Å². The highest BCUT2D eigenvalue weighted by Crippen LogP contribution is 2.28. The van der Waals surface area contributed by atoms with E-state index in [0.29, 0.717) is 11.4 Å². The SMILES string of the molecule is COc1ccccc1NC(CN)c1cc(F)c(F)c(F)c1. The van der Waals surface area contributed by atoms with Crippen molar-refractivity contribution in [2.45, 2.75) is 6.04 Å². The van der Waals surface area contributed by atoms with E-state index in [1.807, 2.05) is 0 Å². The first kappa shape index (κ1) is 15.2. The summed E-state index contributed by atoms with van der Waals surface area (Å²) in [6.45, 7) is 0.0720. The van der Waals surface area contributed by atoms with E-state index in [9.17, 15) is 13.2 Å². The van der Waals surface area contributed by atoms with Crippen molar-refractivity contribution < 1.29 is 17.9 Å². The minimum absolute atomic E-state index is 0.0720. The van der Waals surface area contributed by atoms with Gasteiger partial charge in [-0.05, 0) is 29.8 Å². The van der Waals surface area contributed by atoms with Gasteiger partial charge in [-0.1, -0.05) is 12.1 Å². The minimum atomic E-state index is -1.49. The molecule has 0 spiro atoms. The Hall–Kier alpha value is -2.21. The number of methoxy groups -OCH3 is 1. The van der Waals surface area contributed by atoms with E-state index < -0.39 is 23.5 Å². The number of rotatable bonds is 5. The Morgan fingerprint density at radius 2 is 1.76 bits per heavy atom. The summed E-state index contributed by atoms with van der Waals surface area (Å²) in [5.74, 6) is -3.42. The number of nitrogens with one attached hydrogen (secondary N) is 1. The zero-order valence-electron chi connectivity index (χ0n) is 11.4. The Morgan fingerprint density at radius 3 is 2.33 bits per heavy atom. The number of ether oxygens (including phenoxy) is 1. The third-order valence-electron chi connectivity index (χ3n) is 3.08. The lowest BCUT2D eigenvalue weighted by Crippen LogP contribution is -2.21. The van der Waals surface area contributed by atoms with Gasteiger partial charge in [0.25, 0.3) is 0 Å². The largest absolute Gasteiger partial charge is 0.495 e. The van der Waals surface area contributed by atoms with Crippen LogP contribution in [0.1, 0.15) is 11.6 Å². The molecule has 0 saturated heterocycles. The van der Waals surface area contributed by atoms with E-state index >= 15 is 0 Å². The van der Waals surface area contributed by atoms with Gasteiger partial charge in [-0.15, -0.1) is 0 Å². The lowest BCUT2D eigenvalue weighted by atomic mass is 10.1. The van der Waals surface area contributed by atoms with E-state index in [-0.39, 0.29) is 12.1 Å². The summed E-state index contributed by atoms with van der Waals surface area (Å²) in [5.41, 5.74) is 6.49. The van der Waals surface area contributed by atoms with Crippen LogP contribution in [0.4, 0.5) is 18.9 Å². The van der Waals surface area contributed by atoms with E-state index in [0.717, 1.165) is 12.1 Å². The number of hydrogen-bond acceptors (Lipinski definition) is 3. The number of anilines is 1. The van der Waals surface area contributed by atoms with Crippen LogP contribution < -0.4 is 15.8 Å². The Kier molecular flexibility index (Phi) is 4.70. The van der Waals surface area contributed by atoms with Gasteiger partial charge in [0, 0.05) is 6.54 Å². The van der Waals surface area contributed by atoms with Crippen molar-refractivity contribution in [3.8, 4) is 5.75 Å². The first-order chi connectivity index (χ1) is 10.1. The molecule has 0 saturated carbocycles. The van der Waals surface area contributed by atoms with Crippen LogP contribution in [0.25, 0.3) is 0 Å². The molecule has 6 heteroatoms. The zero-order valence-corrected chi connectivity index (χ0v) is 11.4. The van der Waals surface area contributed by atoms with Gasteiger partial charge in [-0.2, -0.15) is 0 Å². The number of benzene rings is 2. The van der Waals surface area contributed by atoms with Crippen molar-refractivity contribution in [3.05, 3.63) is 59.4 Å². The van der Waals surface area contributed by atoms with Gasteiger partial charge >= 0.3 is 0 Å². The molecule has 0 bridgehead atoms. The zero-order chi connectivity index (χ0) is 15.4. The summed E-state index contributed by atoms with van der Waals surface area (Å²) in [6, 6.07) is 8.34. The van der Waals surface area contributed by atoms with Crippen molar-refractivity contribution in [3.63, 3.8) is 0 Å². The van der Waals surface area contributed by atoms with Crippen LogP contribution in [-0.4, -0.2) is 13.7 Å². The molecule has 2 rings (SSSR count). The summed E-state index contributed by atoms with van der Waals surface area (Å²) in [7, 11) is 1.51. The Bertz CT molecular complexity index is 611. The lowest BCUT2D eigenvalue weighted by Gasteiger charge is -2.20. The van der Waals surface area contributed by atoms with Crippen LogP contribution in [0.3, 0.4) is 0 Å². The fourth-order valence-electron chi connectivity index (χ4n) is 2.01. The Morgan fingerprint density at radius 1 is 1.14 bits per heavy atom. The topological polar surface area (TPSA) is 47.3 Å². The lowest BCUT2D eigenvalue weighted by molar-refractivity contribution is 0.416. The molecule has 0 fully saturated rings. The summed E-state index contributed by atoms with van der Waals surface area (Å²) < 4.78 is 44.8. The molecular formula is C15H15F3N2O. The third-order valence-corrected chi connectivity index (χ3v) is 3.08. The summed E-state index contributed by atoms with van der Waals surface area (Å²) in [6.07, 6.45) is 0. The molecule has 21 heavy (non-hydrogen) atoms. The van der Waals surface area contributed by atoms with Crippen LogP contribution in [0.2, 0.25) is 0 Å². The van der Waals surface area contributed by atoms with Crippen molar-refractivity contribution in [2.24, 2.45) is 5.73 Å². The maximum absolute atomic E-state index is 13.3. The molecule has 0 amide bonds. The first-order valence-electron chi connectivity index (χ1n) is 6.31. The third kappa shape index (κ3) is 3.28. The Balaban J connectivity index is 2.32. The number of halogens is 3. The predicted molar refractivity (Wildman–Crippen MR) is 74.7 cm³/mol. The van der Waals surface area contributed by atoms with Crippen LogP contribution in [-0.2, 0) is 0 Å². The van der Waals surface area contributed by atoms with Crippen LogP contribution in [0.15, 0.2) is 36.4 Å². The van der Waals surface area contributed by atoms with Gasteiger partial charge in [0.15, 0.2) is 17.5 Å². The van der Waals surface area contributed by atoms with Gasteiger partial charge in [0.2, 0.25) is 0 Å². The molecule has 0 heterocycles. The summed E-state index contributed by atoms with van der Waals surface area (Å²) in [5, 5.41) is 3.03. The van der Waals surface area contributed by atoms with Crippen LogP contribution in [0.5, 0.6) is 5.75 Å². The number of para-hydroxylation sites is 2. The second-order valence-electron chi connectivity index (χ2n) is 4.43. The molecule has 3 nitrogen and oxygen atoms in total. The van der Waals surface area contributed by atoms with Gasteiger partial charge < -0.3 is 15.8 Å². The quantitative estimate of drug-likeness (QED) is 0.833. The normalized spacial score (nSPS) is 12.0. The molecule has 0 aliphatic heterocycles. The summed E-state index contributed by atoms with van der Waals surface area (Å²) in [4.78, 5) is 0. The molecule has 112 valence electrons. The fraction of sp³-hybridized carbons (Fsp3) is 0.200. The van der Waals surface area contributed by atoms with Gasteiger partial charge in [0.05, 0.1) is 18.8 Å². The number of nitrogens with two attached hydrogens (primary N) is 1. The second-order valence-corrected chi connectivity index (χ2v) is 4.43. The summed E-state index contributed by atoms with van der Waals surface area (Å²) >= 11 is 0. The van der Waals surface area contributed by atoms with Gasteiger partial charge in [0.1, 0.15) is 5.75 Å². The van der Waals surface area contributed by atoms with Crippen LogP contribution in [0, 0.1) is 17.5 Å². The maximum Gasteiger partial charge on any atom is 0.194 e. The predicted octanol–water partition coefficient (Wildman–Crippen LogP) is 3.22. The standard InChI is InChI=1S/C15H15F3N2O/c1-21-14-5-3-2-4-12(14)20-13(8-19)9-6-10(16)15(18)11(17)7-9/h2-7,13,20H,8,19H2,1H3. The van der Waals surface area contributed by atoms with Gasteiger partial charge in [-0.3, -0.25) is 0 Å². The first-order valence-corrected chi connectivity index (χ1v) is 6.31. The molecule has 3 N–H and O–H groups in total. The van der Waals surface area contributed by atoms with E-state index in [1.165, 1.54) is 7.11 Å². The second kappa shape index (κ2) is 6.49. The minimum Gasteiger partial charge on any atom is -0.495 e. The molecule has 0 aromatic heterocycles. The average molecular weight is 296 g/mol. The molecular weight excluding hydrogens is 281 g/mol. The number of hydrogen-bond donors (Lipinski definition) is 2. The molecule has 2 aromatic carbocycles. The molecule has 2 aromatic rings. The average Bonchev–Trinajstić information content (AvgIpc) is 2.50. The van der Waals surface area contributed by atoms with Gasteiger partial charge in [-0.25, -0.2) is 13.2 Å². The van der Waals surface area contributed by atoms with Crippen molar-refractivity contribution in [2.75, 3.05) is 19.0 Å². The van der Waals surface area contributed by atoms with E-state index in [4.69, 9.17) is 10.5 Å². The van der Waals surface area contributed by atoms with E-state index in [2.05, 4.69) is 5.32 Å². The van der Waals surface area contributed by atoms with Crippen molar-refractivity contribution in [1.29, 1.82) is 0 Å². The molecule has 0 aliphatic rings. The molecule has 0 radical (unpaired) electrons. The molecule has 1 unspecified atom stereocenters. The highest BCUT2D eigenvalue weighted by molar-refractivity contribution is 5.57. The van der Waals surface area contributed by atoms with Crippen molar-refractivity contribution in [1.82, 2.24) is 0 Å². The van der Waals surface area contributed by atoms with Crippen molar-refractivity contribution >= 4 is 5.69 Å². The molecule has 0 aliphatic carbocycles. The Labute approximate surface area is 120 Å².